The van der Waals surface area contributed by atoms with Crippen molar-refractivity contribution in [2.45, 2.75) is 19.9 Å². The molecule has 9 heteroatoms. The molecule has 0 bridgehead atoms. The number of nitrogens with zero attached hydrogens (tertiary/aromatic N) is 3. The number of ether oxygens (including phenoxy) is 2. The molecule has 1 aliphatic rings. The molecule has 2 aromatic carbocycles. The number of fused-ring (bicyclic) bond motifs is 1. The highest BCUT2D eigenvalue weighted by Crippen LogP contribution is 2.41. The summed E-state index contributed by atoms with van der Waals surface area (Å²) in [6.45, 7) is 4.31. The van der Waals surface area contributed by atoms with Crippen molar-refractivity contribution >= 4 is 28.9 Å². The van der Waals surface area contributed by atoms with Gasteiger partial charge in [-0.2, -0.15) is 4.98 Å². The van der Waals surface area contributed by atoms with Crippen molar-refractivity contribution in [2.75, 3.05) is 24.4 Å². The minimum Gasteiger partial charge on any atom is -0.495 e. The van der Waals surface area contributed by atoms with Crippen LogP contribution in [0.3, 0.4) is 0 Å². The lowest BCUT2D eigenvalue weighted by Gasteiger charge is -2.29. The second-order valence-corrected chi connectivity index (χ2v) is 8.82. The normalized spacial score (nSPS) is 14.8. The van der Waals surface area contributed by atoms with E-state index in [2.05, 4.69) is 10.6 Å². The summed E-state index contributed by atoms with van der Waals surface area (Å²) in [7, 11) is 1.58. The van der Waals surface area contributed by atoms with Gasteiger partial charge in [0.2, 0.25) is 5.95 Å². The third-order valence-electron chi connectivity index (χ3n) is 5.71. The zero-order chi connectivity index (χ0) is 24.4. The Bertz CT molecular complexity index is 1390. The molecular weight excluding hydrogens is 462 g/mol. The quantitative estimate of drug-likeness (QED) is 0.366. The van der Waals surface area contributed by atoms with Crippen LogP contribution in [-0.2, 0) is 4.79 Å². The van der Waals surface area contributed by atoms with Crippen molar-refractivity contribution in [3.63, 3.8) is 0 Å². The lowest BCUT2D eigenvalue weighted by Crippen LogP contribution is -2.31. The van der Waals surface area contributed by atoms with Crippen LogP contribution in [0.5, 0.6) is 11.5 Å². The van der Waals surface area contributed by atoms with E-state index in [1.807, 2.05) is 73.8 Å². The lowest BCUT2D eigenvalue weighted by atomic mass is 9.94. The van der Waals surface area contributed by atoms with Gasteiger partial charge in [-0.3, -0.25) is 4.79 Å². The smallest absolute Gasteiger partial charge is 0.255 e. The largest absolute Gasteiger partial charge is 0.495 e. The summed E-state index contributed by atoms with van der Waals surface area (Å²) in [6, 6.07) is 18.4. The van der Waals surface area contributed by atoms with Crippen LogP contribution < -0.4 is 20.1 Å². The average molecular weight is 488 g/mol. The van der Waals surface area contributed by atoms with Crippen LogP contribution in [0.2, 0.25) is 0 Å². The highest BCUT2D eigenvalue weighted by molar-refractivity contribution is 7.13. The molecule has 4 aromatic rings. The minimum absolute atomic E-state index is 0.269. The third-order valence-corrected chi connectivity index (χ3v) is 6.57. The van der Waals surface area contributed by atoms with Crippen LogP contribution in [0.1, 0.15) is 25.5 Å². The Kier molecular flexibility index (Phi) is 6.24. The number of allylic oxidation sites excluding steroid dienone is 1. The first-order chi connectivity index (χ1) is 17.1. The summed E-state index contributed by atoms with van der Waals surface area (Å²) in [5.74, 6) is 2.17. The van der Waals surface area contributed by atoms with E-state index in [-0.39, 0.29) is 5.91 Å². The molecule has 0 aliphatic carbocycles. The summed E-state index contributed by atoms with van der Waals surface area (Å²) < 4.78 is 13.1. The monoisotopic (exact) mass is 487 g/mol. The molecule has 0 spiro atoms. The molecule has 1 unspecified atom stereocenters. The van der Waals surface area contributed by atoms with E-state index in [1.165, 1.54) is 0 Å². The maximum absolute atomic E-state index is 13.8. The van der Waals surface area contributed by atoms with Crippen LogP contribution >= 0.6 is 11.3 Å². The molecule has 1 amide bonds. The van der Waals surface area contributed by atoms with Gasteiger partial charge in [-0.25, -0.2) is 4.68 Å². The Morgan fingerprint density at radius 2 is 1.89 bits per heavy atom. The van der Waals surface area contributed by atoms with E-state index < -0.39 is 6.04 Å². The van der Waals surface area contributed by atoms with Crippen LogP contribution in [0.25, 0.3) is 10.7 Å². The van der Waals surface area contributed by atoms with E-state index in [0.29, 0.717) is 46.8 Å². The average Bonchev–Trinajstić information content (AvgIpc) is 3.54. The fourth-order valence-corrected chi connectivity index (χ4v) is 4.83. The van der Waals surface area contributed by atoms with Crippen molar-refractivity contribution in [3.05, 3.63) is 82.9 Å². The van der Waals surface area contributed by atoms with Gasteiger partial charge in [-0.15, -0.1) is 16.4 Å². The summed E-state index contributed by atoms with van der Waals surface area (Å²) in [5.41, 5.74) is 2.61. The van der Waals surface area contributed by atoms with Gasteiger partial charge in [0.15, 0.2) is 5.82 Å². The molecule has 1 aliphatic heterocycles. The molecule has 178 valence electrons. The predicted octanol–water partition coefficient (Wildman–Crippen LogP) is 5.34. The van der Waals surface area contributed by atoms with Gasteiger partial charge in [-0.1, -0.05) is 36.4 Å². The van der Waals surface area contributed by atoms with E-state index in [0.717, 1.165) is 10.4 Å². The number of carbonyl (C=O) groups is 1. The van der Waals surface area contributed by atoms with E-state index >= 15 is 0 Å². The first-order valence-electron chi connectivity index (χ1n) is 11.2. The second kappa shape index (κ2) is 9.63. The van der Waals surface area contributed by atoms with E-state index in [4.69, 9.17) is 19.6 Å². The number of amides is 1. The van der Waals surface area contributed by atoms with E-state index in [9.17, 15) is 4.79 Å². The third kappa shape index (κ3) is 4.26. The topological polar surface area (TPSA) is 90.3 Å². The highest BCUT2D eigenvalue weighted by Gasteiger charge is 2.36. The Balaban J connectivity index is 1.63. The molecule has 5 rings (SSSR count). The molecule has 2 aromatic heterocycles. The maximum atomic E-state index is 13.8. The number of carbonyl (C=O) groups excluding carboxylic acids is 1. The number of methoxy groups -OCH3 is 1. The number of thiophene rings is 1. The Labute approximate surface area is 207 Å². The lowest BCUT2D eigenvalue weighted by molar-refractivity contribution is -0.113. The van der Waals surface area contributed by atoms with Gasteiger partial charge >= 0.3 is 0 Å². The Morgan fingerprint density at radius 1 is 1.11 bits per heavy atom. The van der Waals surface area contributed by atoms with Crippen molar-refractivity contribution in [1.29, 1.82) is 0 Å². The number of anilines is 2. The SMILES string of the molecule is CCOc1ccccc1C1C(C(=O)Nc2ccccc2OC)=C(C)Nc2nc(-c3cccs3)nn21. The number of nitrogens with one attached hydrogen (secondary N) is 2. The van der Waals surface area contributed by atoms with E-state index in [1.54, 1.807) is 29.2 Å². The molecule has 0 fully saturated rings. The Hall–Kier alpha value is -4.11. The zero-order valence-electron chi connectivity index (χ0n) is 19.6. The van der Waals surface area contributed by atoms with Crippen molar-refractivity contribution in [3.8, 4) is 22.2 Å². The molecule has 1 atom stereocenters. The second-order valence-electron chi connectivity index (χ2n) is 7.87. The first kappa shape index (κ1) is 22.7. The molecule has 35 heavy (non-hydrogen) atoms. The number of benzene rings is 2. The van der Waals surface area contributed by atoms with Gasteiger partial charge in [0.25, 0.3) is 5.91 Å². The van der Waals surface area contributed by atoms with Gasteiger partial charge < -0.3 is 20.1 Å². The van der Waals surface area contributed by atoms with Crippen molar-refractivity contribution < 1.29 is 14.3 Å². The molecule has 0 saturated heterocycles. The van der Waals surface area contributed by atoms with Crippen molar-refractivity contribution in [2.24, 2.45) is 0 Å². The molecule has 2 N–H and O–H groups in total. The van der Waals surface area contributed by atoms with Gasteiger partial charge in [-0.05, 0) is 43.5 Å². The summed E-state index contributed by atoms with van der Waals surface area (Å²) in [6.07, 6.45) is 0. The van der Waals surface area contributed by atoms with Gasteiger partial charge in [0, 0.05) is 11.3 Å². The van der Waals surface area contributed by atoms with Crippen LogP contribution in [-0.4, -0.2) is 34.4 Å². The fourth-order valence-electron chi connectivity index (χ4n) is 4.17. The molecular formula is C26H25N5O3S. The first-order valence-corrected chi connectivity index (χ1v) is 12.1. The highest BCUT2D eigenvalue weighted by atomic mass is 32.1. The summed E-state index contributed by atoms with van der Waals surface area (Å²) in [4.78, 5) is 19.5. The number of hydrogen-bond acceptors (Lipinski definition) is 7. The zero-order valence-corrected chi connectivity index (χ0v) is 20.4. The molecule has 0 saturated carbocycles. The predicted molar refractivity (Wildman–Crippen MR) is 137 cm³/mol. The van der Waals surface area contributed by atoms with Crippen LogP contribution in [0.15, 0.2) is 77.3 Å². The summed E-state index contributed by atoms with van der Waals surface area (Å²) >= 11 is 1.56. The van der Waals surface area contributed by atoms with Crippen LogP contribution in [0.4, 0.5) is 11.6 Å². The van der Waals surface area contributed by atoms with Crippen LogP contribution in [0, 0.1) is 0 Å². The van der Waals surface area contributed by atoms with Gasteiger partial charge in [0.1, 0.15) is 17.5 Å². The number of para-hydroxylation sites is 3. The Morgan fingerprint density at radius 3 is 2.63 bits per heavy atom. The molecule has 8 nitrogen and oxygen atoms in total. The number of rotatable bonds is 7. The number of hydrogen-bond donors (Lipinski definition) is 2. The molecule has 0 radical (unpaired) electrons. The number of aromatic nitrogens is 3. The molecule has 3 heterocycles. The minimum atomic E-state index is -0.551. The van der Waals surface area contributed by atoms with Gasteiger partial charge in [0.05, 0.1) is 29.9 Å². The maximum Gasteiger partial charge on any atom is 0.255 e. The summed E-state index contributed by atoms with van der Waals surface area (Å²) in [5, 5.41) is 13.1. The standard InChI is InChI=1S/C26H25N5O3S/c1-4-34-19-12-7-5-10-17(19)23-22(25(32)28-18-11-6-8-13-20(18)33-3)16(2)27-26-29-24(30-31(23)26)21-14-9-15-35-21/h5-15,23H,4H2,1-3H3,(H,28,32)(H,27,29,30). The fraction of sp³-hybridized carbons (Fsp3) is 0.192. The van der Waals surface area contributed by atoms with Crippen molar-refractivity contribution in [1.82, 2.24) is 14.8 Å².